The van der Waals surface area contributed by atoms with Crippen LogP contribution in [0.5, 0.6) is 5.75 Å². The molecule has 1 atom stereocenters. The average molecular weight is 304 g/mol. The molecular formula is C16H17O4P. The lowest BCUT2D eigenvalue weighted by Crippen LogP contribution is -2.13. The van der Waals surface area contributed by atoms with Gasteiger partial charge in [0.05, 0.1) is 13.7 Å². The van der Waals surface area contributed by atoms with E-state index < -0.39 is 8.03 Å². The molecule has 110 valence electrons. The molecule has 0 bridgehead atoms. The van der Waals surface area contributed by atoms with E-state index in [9.17, 15) is 9.36 Å². The van der Waals surface area contributed by atoms with Gasteiger partial charge in [0.1, 0.15) is 5.75 Å². The summed E-state index contributed by atoms with van der Waals surface area (Å²) in [5.41, 5.74) is 0.939. The summed E-state index contributed by atoms with van der Waals surface area (Å²) in [5, 5.41) is 0.463. The van der Waals surface area contributed by atoms with Gasteiger partial charge in [-0.25, -0.2) is 0 Å². The predicted octanol–water partition coefficient (Wildman–Crippen LogP) is 3.06. The molecule has 4 nitrogen and oxygen atoms in total. The molecule has 5 heteroatoms. The molecule has 0 amide bonds. The summed E-state index contributed by atoms with van der Waals surface area (Å²) in [5.74, 6) is 0.508. The number of ketones is 1. The van der Waals surface area contributed by atoms with Crippen molar-refractivity contribution in [3.05, 3.63) is 59.7 Å². The lowest BCUT2D eigenvalue weighted by atomic mass is 10.0. The zero-order valence-electron chi connectivity index (χ0n) is 12.0. The molecule has 0 aromatic heterocycles. The number of benzene rings is 2. The van der Waals surface area contributed by atoms with Crippen LogP contribution in [-0.2, 0) is 9.09 Å². The van der Waals surface area contributed by atoms with E-state index in [4.69, 9.17) is 9.26 Å². The lowest BCUT2D eigenvalue weighted by molar-refractivity contribution is 0.103. The Morgan fingerprint density at radius 2 is 1.76 bits per heavy atom. The van der Waals surface area contributed by atoms with Crippen LogP contribution >= 0.6 is 8.03 Å². The Balaban J connectivity index is 2.36. The first-order chi connectivity index (χ1) is 10.2. The standard InChI is InChI=1S/C16H17O4P/c1-3-20-21(18)15-7-5-4-6-14(15)16(17)12-8-10-13(19-2)11-9-12/h4-11,21H,3H2,1-2H3. The van der Waals surface area contributed by atoms with Crippen molar-refractivity contribution in [1.82, 2.24) is 0 Å². The molecule has 0 aliphatic heterocycles. The number of carbonyl (C=O) groups is 1. The van der Waals surface area contributed by atoms with Gasteiger partial charge in [-0.15, -0.1) is 0 Å². The third-order valence-corrected chi connectivity index (χ3v) is 4.45. The zero-order chi connectivity index (χ0) is 15.2. The quantitative estimate of drug-likeness (QED) is 0.608. The van der Waals surface area contributed by atoms with Crippen LogP contribution in [0.2, 0.25) is 0 Å². The van der Waals surface area contributed by atoms with Crippen molar-refractivity contribution in [2.45, 2.75) is 6.92 Å². The van der Waals surface area contributed by atoms with Crippen molar-refractivity contribution in [1.29, 1.82) is 0 Å². The van der Waals surface area contributed by atoms with E-state index >= 15 is 0 Å². The number of rotatable bonds is 6. The maximum atomic E-state index is 12.6. The highest BCUT2D eigenvalue weighted by atomic mass is 31.1. The largest absolute Gasteiger partial charge is 0.497 e. The Morgan fingerprint density at radius 1 is 1.10 bits per heavy atom. The molecule has 0 aliphatic rings. The van der Waals surface area contributed by atoms with Crippen LogP contribution in [0.4, 0.5) is 0 Å². The molecule has 2 aromatic carbocycles. The molecule has 2 aromatic rings. The van der Waals surface area contributed by atoms with E-state index in [2.05, 4.69) is 0 Å². The number of hydrogen-bond donors (Lipinski definition) is 0. The Morgan fingerprint density at radius 3 is 2.38 bits per heavy atom. The molecular weight excluding hydrogens is 287 g/mol. The Hall–Kier alpha value is -1.90. The van der Waals surface area contributed by atoms with Crippen LogP contribution in [0.1, 0.15) is 22.8 Å². The van der Waals surface area contributed by atoms with Crippen LogP contribution in [0.15, 0.2) is 48.5 Å². The van der Waals surface area contributed by atoms with E-state index in [1.54, 1.807) is 62.6 Å². The van der Waals surface area contributed by atoms with Gasteiger partial charge in [0.2, 0.25) is 8.03 Å². The van der Waals surface area contributed by atoms with Crippen LogP contribution in [0.25, 0.3) is 0 Å². The SMILES string of the molecule is CCO[PH](=O)c1ccccc1C(=O)c1ccc(OC)cc1. The maximum Gasteiger partial charge on any atom is 0.221 e. The number of hydrogen-bond acceptors (Lipinski definition) is 4. The van der Waals surface area contributed by atoms with Gasteiger partial charge in [-0.2, -0.15) is 0 Å². The summed E-state index contributed by atoms with van der Waals surface area (Å²) >= 11 is 0. The second kappa shape index (κ2) is 7.21. The molecule has 0 aliphatic carbocycles. The second-order valence-corrected chi connectivity index (χ2v) is 5.73. The Bertz CT molecular complexity index is 650. The Kier molecular flexibility index (Phi) is 5.32. The zero-order valence-corrected chi connectivity index (χ0v) is 13.0. The molecule has 2 rings (SSSR count). The summed E-state index contributed by atoms with van der Waals surface area (Å²) in [6, 6.07) is 13.7. The summed E-state index contributed by atoms with van der Waals surface area (Å²) in [6.07, 6.45) is 0. The molecule has 0 spiro atoms. The molecule has 0 heterocycles. The molecule has 0 N–H and O–H groups in total. The molecule has 1 unspecified atom stereocenters. The Labute approximate surface area is 124 Å². The lowest BCUT2D eigenvalue weighted by Gasteiger charge is -2.09. The number of carbonyl (C=O) groups excluding carboxylic acids is 1. The number of ether oxygens (including phenoxy) is 1. The van der Waals surface area contributed by atoms with Gasteiger partial charge in [0.15, 0.2) is 5.78 Å². The van der Waals surface area contributed by atoms with Crippen molar-refractivity contribution in [2.24, 2.45) is 0 Å². The third-order valence-electron chi connectivity index (χ3n) is 3.02. The van der Waals surface area contributed by atoms with E-state index in [1.807, 2.05) is 0 Å². The van der Waals surface area contributed by atoms with E-state index in [-0.39, 0.29) is 5.78 Å². The number of methoxy groups -OCH3 is 1. The van der Waals surface area contributed by atoms with E-state index in [0.717, 1.165) is 0 Å². The van der Waals surface area contributed by atoms with Gasteiger partial charge in [0.25, 0.3) is 0 Å². The molecule has 0 saturated heterocycles. The fraction of sp³-hybridized carbons (Fsp3) is 0.188. The van der Waals surface area contributed by atoms with Crippen molar-refractivity contribution in [3.8, 4) is 5.75 Å². The topological polar surface area (TPSA) is 52.6 Å². The maximum absolute atomic E-state index is 12.6. The van der Waals surface area contributed by atoms with Crippen LogP contribution in [0.3, 0.4) is 0 Å². The van der Waals surface area contributed by atoms with Gasteiger partial charge < -0.3 is 9.26 Å². The van der Waals surface area contributed by atoms with Gasteiger partial charge in [0, 0.05) is 16.4 Å². The summed E-state index contributed by atoms with van der Waals surface area (Å²) < 4.78 is 22.3. The molecule has 21 heavy (non-hydrogen) atoms. The molecule has 0 radical (unpaired) electrons. The summed E-state index contributed by atoms with van der Waals surface area (Å²) in [6.45, 7) is 2.12. The highest BCUT2D eigenvalue weighted by Gasteiger charge is 2.17. The van der Waals surface area contributed by atoms with Gasteiger partial charge >= 0.3 is 0 Å². The van der Waals surface area contributed by atoms with Gasteiger partial charge in [-0.3, -0.25) is 9.36 Å². The average Bonchev–Trinajstić information content (AvgIpc) is 2.54. The highest BCUT2D eigenvalue weighted by molar-refractivity contribution is 7.48. The van der Waals surface area contributed by atoms with Crippen molar-refractivity contribution in [3.63, 3.8) is 0 Å². The molecule has 0 fully saturated rings. The second-order valence-electron chi connectivity index (χ2n) is 4.32. The first kappa shape index (κ1) is 15.5. The molecule has 0 saturated carbocycles. The van der Waals surface area contributed by atoms with Crippen LogP contribution < -0.4 is 10.0 Å². The minimum atomic E-state index is -2.41. The fourth-order valence-corrected chi connectivity index (χ4v) is 3.03. The van der Waals surface area contributed by atoms with Gasteiger partial charge in [-0.1, -0.05) is 18.2 Å². The first-order valence-corrected chi connectivity index (χ1v) is 7.94. The smallest absolute Gasteiger partial charge is 0.221 e. The predicted molar refractivity (Wildman–Crippen MR) is 83.1 cm³/mol. The van der Waals surface area contributed by atoms with Crippen molar-refractivity contribution < 1.29 is 18.6 Å². The fourth-order valence-electron chi connectivity index (χ4n) is 1.97. The summed E-state index contributed by atoms with van der Waals surface area (Å²) in [4.78, 5) is 12.6. The monoisotopic (exact) mass is 304 g/mol. The van der Waals surface area contributed by atoms with Crippen molar-refractivity contribution >= 4 is 19.1 Å². The normalized spacial score (nSPS) is 11.9. The third kappa shape index (κ3) is 3.60. The minimum absolute atomic E-state index is 0.175. The minimum Gasteiger partial charge on any atom is -0.497 e. The first-order valence-electron chi connectivity index (χ1n) is 6.62. The van der Waals surface area contributed by atoms with E-state index in [1.165, 1.54) is 0 Å². The van der Waals surface area contributed by atoms with Gasteiger partial charge in [-0.05, 0) is 37.3 Å². The van der Waals surface area contributed by atoms with Crippen LogP contribution in [0, 0.1) is 0 Å². The van der Waals surface area contributed by atoms with Crippen LogP contribution in [-0.4, -0.2) is 19.5 Å². The van der Waals surface area contributed by atoms with Crippen molar-refractivity contribution in [2.75, 3.05) is 13.7 Å². The van der Waals surface area contributed by atoms with E-state index in [0.29, 0.717) is 28.8 Å². The summed E-state index contributed by atoms with van der Waals surface area (Å²) in [7, 11) is -0.838. The highest BCUT2D eigenvalue weighted by Crippen LogP contribution is 2.25.